The van der Waals surface area contributed by atoms with Crippen LogP contribution in [0.4, 0.5) is 0 Å². The van der Waals surface area contributed by atoms with E-state index in [2.05, 4.69) is 29.2 Å². The highest BCUT2D eigenvalue weighted by molar-refractivity contribution is 6.30. The number of fused-ring (bicyclic) bond motifs is 1. The van der Waals surface area contributed by atoms with E-state index in [-0.39, 0.29) is 5.78 Å². The van der Waals surface area contributed by atoms with E-state index >= 15 is 0 Å². The maximum atomic E-state index is 13.1. The maximum Gasteiger partial charge on any atom is 0.181 e. The molecule has 0 atom stereocenters. The molecule has 4 saturated carbocycles. The maximum absolute atomic E-state index is 13.1. The lowest BCUT2D eigenvalue weighted by Gasteiger charge is -2.56. The van der Waals surface area contributed by atoms with Gasteiger partial charge < -0.3 is 4.74 Å². The van der Waals surface area contributed by atoms with Crippen LogP contribution in [-0.2, 0) is 12.8 Å². The zero-order chi connectivity index (χ0) is 23.3. The molecule has 0 spiro atoms. The van der Waals surface area contributed by atoms with Gasteiger partial charge in [-0.25, -0.2) is 4.98 Å². The number of aryl methyl sites for hydroxylation is 2. The number of benzene rings is 1. The third-order valence-electron chi connectivity index (χ3n) is 8.53. The minimum absolute atomic E-state index is 0.119. The summed E-state index contributed by atoms with van der Waals surface area (Å²) in [4.78, 5) is 17.7. The molecular weight excluding hydrogens is 444 g/mol. The van der Waals surface area contributed by atoms with Crippen LogP contribution in [0.1, 0.15) is 73.6 Å². The van der Waals surface area contributed by atoms with E-state index in [0.717, 1.165) is 53.4 Å². The smallest absolute Gasteiger partial charge is 0.181 e. The van der Waals surface area contributed by atoms with E-state index < -0.39 is 0 Å². The number of aromatic nitrogens is 2. The molecule has 0 unspecified atom stereocenters. The summed E-state index contributed by atoms with van der Waals surface area (Å²) in [6, 6.07) is 12.0. The summed E-state index contributed by atoms with van der Waals surface area (Å²) in [6.07, 6.45) is 12.2. The van der Waals surface area contributed by atoms with Gasteiger partial charge in [0.2, 0.25) is 0 Å². The fraction of sp³-hybridized carbons (Fsp3) is 0.517. The number of Topliss-reactive ketones (excluding diaryl/α,β-unsaturated/α-hetero) is 1. The lowest BCUT2D eigenvalue weighted by Crippen LogP contribution is -2.48. The molecule has 4 nitrogen and oxygen atoms in total. The van der Waals surface area contributed by atoms with Crippen molar-refractivity contribution in [1.82, 2.24) is 9.38 Å². The third-order valence-corrected chi connectivity index (χ3v) is 8.77. The number of halogens is 1. The summed E-state index contributed by atoms with van der Waals surface area (Å²) >= 11 is 6.11. The number of nitrogens with zero attached hydrogens (tertiary/aromatic N) is 2. The number of rotatable bonds is 8. The summed E-state index contributed by atoms with van der Waals surface area (Å²) in [5.74, 6) is 3.93. The van der Waals surface area contributed by atoms with E-state index in [9.17, 15) is 4.79 Å². The first-order valence-electron chi connectivity index (χ1n) is 12.9. The van der Waals surface area contributed by atoms with Gasteiger partial charge in [-0.05, 0) is 92.9 Å². The third kappa shape index (κ3) is 4.15. The van der Waals surface area contributed by atoms with Gasteiger partial charge >= 0.3 is 0 Å². The van der Waals surface area contributed by atoms with Crippen molar-refractivity contribution >= 4 is 23.0 Å². The molecule has 4 aliphatic carbocycles. The van der Waals surface area contributed by atoms with Crippen LogP contribution in [-0.4, -0.2) is 21.8 Å². The van der Waals surface area contributed by atoms with Gasteiger partial charge in [0.1, 0.15) is 17.1 Å². The lowest BCUT2D eigenvalue weighted by atomic mass is 9.50. The minimum Gasteiger partial charge on any atom is -0.493 e. The van der Waals surface area contributed by atoms with Gasteiger partial charge in [-0.1, -0.05) is 30.7 Å². The molecule has 4 fully saturated rings. The number of hydrogen-bond acceptors (Lipinski definition) is 3. The zero-order valence-electron chi connectivity index (χ0n) is 19.9. The van der Waals surface area contributed by atoms with Gasteiger partial charge in [0.05, 0.1) is 12.3 Å². The van der Waals surface area contributed by atoms with Crippen molar-refractivity contribution in [3.05, 3.63) is 64.6 Å². The molecule has 0 N–H and O–H groups in total. The van der Waals surface area contributed by atoms with Crippen LogP contribution in [0.3, 0.4) is 0 Å². The van der Waals surface area contributed by atoms with Gasteiger partial charge in [-0.15, -0.1) is 0 Å². The monoisotopic (exact) mass is 476 g/mol. The number of ketones is 1. The Morgan fingerprint density at radius 2 is 1.76 bits per heavy atom. The first-order valence-corrected chi connectivity index (χ1v) is 13.3. The number of imidazole rings is 1. The zero-order valence-corrected chi connectivity index (χ0v) is 20.7. The first-order chi connectivity index (χ1) is 16.5. The number of carbonyl (C=O) groups is 1. The Bertz CT molecular complexity index is 1180. The second kappa shape index (κ2) is 8.71. The van der Waals surface area contributed by atoms with Crippen molar-refractivity contribution < 1.29 is 9.53 Å². The predicted molar refractivity (Wildman–Crippen MR) is 135 cm³/mol. The van der Waals surface area contributed by atoms with Crippen molar-refractivity contribution in [2.45, 2.75) is 64.7 Å². The normalized spacial score (nSPS) is 27.4. The van der Waals surface area contributed by atoms with Gasteiger partial charge in [-0.3, -0.25) is 9.20 Å². The van der Waals surface area contributed by atoms with Crippen LogP contribution in [0.5, 0.6) is 5.75 Å². The summed E-state index contributed by atoms with van der Waals surface area (Å²) < 4.78 is 8.20. The fourth-order valence-electron chi connectivity index (χ4n) is 7.44. The van der Waals surface area contributed by atoms with Gasteiger partial charge in [-0.2, -0.15) is 0 Å². The largest absolute Gasteiger partial charge is 0.493 e. The minimum atomic E-state index is 0.119. The Labute approximate surface area is 206 Å². The molecule has 178 valence electrons. The Morgan fingerprint density at radius 1 is 1.09 bits per heavy atom. The topological polar surface area (TPSA) is 43.6 Å². The molecule has 0 radical (unpaired) electrons. The van der Waals surface area contributed by atoms with Crippen molar-refractivity contribution in [2.24, 2.45) is 23.2 Å². The molecule has 4 aliphatic rings. The second-order valence-corrected chi connectivity index (χ2v) is 11.5. The highest BCUT2D eigenvalue weighted by Crippen LogP contribution is 2.60. The Balaban J connectivity index is 1.08. The molecule has 4 bridgehead atoms. The Kier molecular flexibility index (Phi) is 5.68. The molecule has 7 rings (SSSR count). The van der Waals surface area contributed by atoms with Crippen molar-refractivity contribution in [3.63, 3.8) is 0 Å². The molecular formula is C29H33ClN2O2. The number of pyridine rings is 1. The Morgan fingerprint density at radius 3 is 2.41 bits per heavy atom. The van der Waals surface area contributed by atoms with Crippen molar-refractivity contribution in [2.75, 3.05) is 6.61 Å². The predicted octanol–water partition coefficient (Wildman–Crippen LogP) is 6.96. The molecule has 1 aromatic carbocycles. The van der Waals surface area contributed by atoms with Gasteiger partial charge in [0.25, 0.3) is 0 Å². The van der Waals surface area contributed by atoms with Crippen LogP contribution in [0, 0.1) is 23.2 Å². The van der Waals surface area contributed by atoms with Crippen LogP contribution < -0.4 is 4.74 Å². The van der Waals surface area contributed by atoms with E-state index in [0.29, 0.717) is 29.0 Å². The molecule has 2 aromatic heterocycles. The molecule has 0 amide bonds. The summed E-state index contributed by atoms with van der Waals surface area (Å²) in [5.41, 5.74) is 3.83. The quantitative estimate of drug-likeness (QED) is 0.330. The van der Waals surface area contributed by atoms with Crippen LogP contribution in [0.15, 0.2) is 42.6 Å². The van der Waals surface area contributed by atoms with Crippen molar-refractivity contribution in [1.29, 1.82) is 0 Å². The second-order valence-electron chi connectivity index (χ2n) is 11.1. The standard InChI is InChI=1S/C29H33ClN2O2/c1-2-25-28(32-10-9-23(30)14-27(32)31-25)26(33)8-5-19-3-6-24(7-4-19)34-18-29-15-20-11-21(16-29)13-22(12-20)17-29/h3-4,6-7,9-10,14,20-22H,2,5,8,11-13,15-18H2,1H3. The van der Waals surface area contributed by atoms with E-state index in [1.807, 2.05) is 17.5 Å². The summed E-state index contributed by atoms with van der Waals surface area (Å²) in [6.45, 7) is 2.90. The van der Waals surface area contributed by atoms with E-state index in [1.165, 1.54) is 38.5 Å². The van der Waals surface area contributed by atoms with E-state index in [1.54, 1.807) is 12.1 Å². The average Bonchev–Trinajstić information content (AvgIpc) is 3.19. The van der Waals surface area contributed by atoms with Crippen LogP contribution in [0.2, 0.25) is 5.02 Å². The molecule has 34 heavy (non-hydrogen) atoms. The average molecular weight is 477 g/mol. The van der Waals surface area contributed by atoms with Gasteiger partial charge in [0, 0.05) is 29.1 Å². The summed E-state index contributed by atoms with van der Waals surface area (Å²) in [5, 5.41) is 0.629. The molecule has 3 aromatic rings. The molecule has 5 heteroatoms. The Hall–Kier alpha value is -2.33. The van der Waals surface area contributed by atoms with Crippen molar-refractivity contribution in [3.8, 4) is 5.75 Å². The first kappa shape index (κ1) is 22.2. The SMILES string of the molecule is CCc1nc2cc(Cl)ccn2c1C(=O)CCc1ccc(OCC23CC4CC(CC(C4)C2)C3)cc1. The van der Waals surface area contributed by atoms with Crippen LogP contribution >= 0.6 is 11.6 Å². The van der Waals surface area contributed by atoms with Crippen LogP contribution in [0.25, 0.3) is 5.65 Å². The number of ether oxygens (including phenoxy) is 1. The molecule has 2 heterocycles. The number of carbonyl (C=O) groups excluding carboxylic acids is 1. The highest BCUT2D eigenvalue weighted by Gasteiger charge is 2.51. The molecule has 0 saturated heterocycles. The highest BCUT2D eigenvalue weighted by atomic mass is 35.5. The lowest BCUT2D eigenvalue weighted by molar-refractivity contribution is -0.0745. The number of hydrogen-bond donors (Lipinski definition) is 0. The molecule has 0 aliphatic heterocycles. The van der Waals surface area contributed by atoms with Gasteiger partial charge in [0.15, 0.2) is 5.78 Å². The summed E-state index contributed by atoms with van der Waals surface area (Å²) in [7, 11) is 0. The fourth-order valence-corrected chi connectivity index (χ4v) is 7.60. The van der Waals surface area contributed by atoms with E-state index in [4.69, 9.17) is 16.3 Å².